The van der Waals surface area contributed by atoms with Crippen molar-refractivity contribution in [2.24, 2.45) is 4.99 Å². The van der Waals surface area contributed by atoms with Crippen LogP contribution in [-0.2, 0) is 22.6 Å². The average molecular weight is 568 g/mol. The summed E-state index contributed by atoms with van der Waals surface area (Å²) in [6, 6.07) is 2.51. The van der Waals surface area contributed by atoms with E-state index < -0.39 is 60.6 Å². The van der Waals surface area contributed by atoms with Gasteiger partial charge in [0.2, 0.25) is 6.29 Å². The van der Waals surface area contributed by atoms with Gasteiger partial charge in [0.25, 0.3) is 0 Å². The molecule has 216 valence electrons. The first-order valence-corrected chi connectivity index (χ1v) is 12.9. The van der Waals surface area contributed by atoms with Crippen molar-refractivity contribution in [1.82, 2.24) is 0 Å². The third kappa shape index (κ3) is 4.83. The lowest BCUT2D eigenvalue weighted by Gasteiger charge is -2.39. The van der Waals surface area contributed by atoms with Crippen molar-refractivity contribution in [3.63, 3.8) is 0 Å². The zero-order chi connectivity index (χ0) is 29.7. The summed E-state index contributed by atoms with van der Waals surface area (Å²) in [5.74, 6) is -2.76. The maximum atomic E-state index is 14.1. The number of phenolic OH excluding ortho intramolecular Hbond substituents is 1. The van der Waals surface area contributed by atoms with Crippen molar-refractivity contribution in [3.8, 4) is 17.2 Å². The molecule has 2 aromatic rings. The third-order valence-corrected chi connectivity index (χ3v) is 7.45. The van der Waals surface area contributed by atoms with Gasteiger partial charge in [-0.15, -0.1) is 0 Å². The number of esters is 1. The number of aliphatic hydroxyl groups is 4. The van der Waals surface area contributed by atoms with Crippen LogP contribution < -0.4 is 9.47 Å². The number of allylic oxidation sites excluding steroid dienone is 1. The fourth-order valence-electron chi connectivity index (χ4n) is 5.37. The second kappa shape index (κ2) is 10.8. The molecule has 0 amide bonds. The Morgan fingerprint density at radius 1 is 1.07 bits per heavy atom. The number of carbonyl (C=O) groups excluding carboxylic acids is 3. The Morgan fingerprint density at radius 3 is 2.44 bits per heavy atom. The second-order valence-corrected chi connectivity index (χ2v) is 10.2. The van der Waals surface area contributed by atoms with E-state index in [4.69, 9.17) is 14.2 Å². The van der Waals surface area contributed by atoms with Crippen LogP contribution in [0.25, 0.3) is 0 Å². The van der Waals surface area contributed by atoms with Crippen LogP contribution in [0, 0.1) is 6.92 Å². The van der Waals surface area contributed by atoms with Gasteiger partial charge in [-0.05, 0) is 37.1 Å². The molecule has 2 heterocycles. The molecule has 2 aliphatic heterocycles. The van der Waals surface area contributed by atoms with Crippen LogP contribution in [0.1, 0.15) is 62.4 Å². The smallest absolute Gasteiger partial charge is 0.308 e. The minimum atomic E-state index is -1.68. The van der Waals surface area contributed by atoms with E-state index in [0.29, 0.717) is 12.1 Å². The molecule has 3 aliphatic rings. The van der Waals surface area contributed by atoms with Crippen molar-refractivity contribution in [2.45, 2.75) is 64.5 Å². The van der Waals surface area contributed by atoms with Crippen LogP contribution in [0.15, 0.2) is 28.8 Å². The average Bonchev–Trinajstić information content (AvgIpc) is 3.45. The monoisotopic (exact) mass is 567 g/mol. The summed E-state index contributed by atoms with van der Waals surface area (Å²) in [5.41, 5.74) is 0.229. The summed E-state index contributed by atoms with van der Waals surface area (Å²) in [7, 11) is 0. The number of ether oxygens (including phenoxy) is 3. The van der Waals surface area contributed by atoms with Gasteiger partial charge in [-0.2, -0.15) is 0 Å². The van der Waals surface area contributed by atoms with Gasteiger partial charge in [-0.25, -0.2) is 0 Å². The Hall–Kier alpha value is -3.94. The normalized spacial score (nSPS) is 25.0. The number of rotatable bonds is 6. The zero-order valence-electron chi connectivity index (χ0n) is 22.5. The van der Waals surface area contributed by atoms with E-state index in [1.165, 1.54) is 26.0 Å². The molecule has 12 nitrogen and oxygen atoms in total. The highest BCUT2D eigenvalue weighted by molar-refractivity contribution is 6.31. The van der Waals surface area contributed by atoms with Crippen LogP contribution in [0.2, 0.25) is 0 Å². The van der Waals surface area contributed by atoms with Gasteiger partial charge in [0.05, 0.1) is 24.8 Å². The summed E-state index contributed by atoms with van der Waals surface area (Å²) in [6.07, 6.45) is -3.66. The number of nitrogens with zero attached hydrogens (tertiary/aromatic N) is 1. The van der Waals surface area contributed by atoms with Crippen molar-refractivity contribution in [1.29, 1.82) is 0 Å². The van der Waals surface area contributed by atoms with E-state index in [0.717, 1.165) is 6.92 Å². The van der Waals surface area contributed by atoms with Crippen LogP contribution in [0.3, 0.4) is 0 Å². The SMILES string of the molecule is CC(=O)Oc1cc(CO)c2c(c1)C(=O)c1c(CC3=CCN=C3)c(OC3OC(C)C(O)C(O)C3O)c(C)c(O)c1C2=O. The van der Waals surface area contributed by atoms with Crippen molar-refractivity contribution >= 4 is 23.8 Å². The van der Waals surface area contributed by atoms with Crippen LogP contribution >= 0.6 is 0 Å². The van der Waals surface area contributed by atoms with Gasteiger partial charge in [0, 0.05) is 47.4 Å². The number of phenols is 1. The first-order valence-electron chi connectivity index (χ1n) is 12.9. The lowest BCUT2D eigenvalue weighted by molar-refractivity contribution is -0.268. The summed E-state index contributed by atoms with van der Waals surface area (Å²) >= 11 is 0. The molecule has 1 fully saturated rings. The molecule has 5 N–H and O–H groups in total. The standard InChI is InChI=1S/C29H29NO11/c1-11-22(33)21-20(24(35)17-8-16(40-13(3)32)7-15(10-31)19(17)25(21)36)18(6-14-4-5-30-9-14)28(11)41-29-27(38)26(37)23(34)12(2)39-29/h4,7-9,12,23,26-27,29,31,33-34,37-38H,5-6,10H2,1-3H3. The van der Waals surface area contributed by atoms with Gasteiger partial charge in [-0.3, -0.25) is 19.4 Å². The fraction of sp³-hybridized carbons (Fsp3) is 0.379. The molecular formula is C29H29NO11. The molecule has 2 aromatic carbocycles. The highest BCUT2D eigenvalue weighted by Gasteiger charge is 2.45. The molecule has 5 atom stereocenters. The highest BCUT2D eigenvalue weighted by atomic mass is 16.7. The van der Waals surface area contributed by atoms with E-state index in [2.05, 4.69) is 4.99 Å². The molecule has 12 heteroatoms. The molecule has 0 saturated carbocycles. The molecule has 41 heavy (non-hydrogen) atoms. The number of aliphatic imine (C=N–C) groups is 1. The maximum absolute atomic E-state index is 14.1. The minimum absolute atomic E-state index is 0.0348. The predicted octanol–water partition coefficient (Wildman–Crippen LogP) is 0.653. The number of hydrogen-bond acceptors (Lipinski definition) is 12. The Labute approximate surface area is 234 Å². The summed E-state index contributed by atoms with van der Waals surface area (Å²) in [5, 5.41) is 52.3. The largest absolute Gasteiger partial charge is 0.507 e. The number of carbonyl (C=O) groups is 3. The Morgan fingerprint density at radius 2 is 1.80 bits per heavy atom. The lowest BCUT2D eigenvalue weighted by Crippen LogP contribution is -2.58. The summed E-state index contributed by atoms with van der Waals surface area (Å²) < 4.78 is 16.8. The number of aliphatic hydroxyl groups excluding tert-OH is 4. The topological polar surface area (TPSA) is 192 Å². The third-order valence-electron chi connectivity index (χ3n) is 7.45. The van der Waals surface area contributed by atoms with E-state index in [1.54, 1.807) is 12.3 Å². The van der Waals surface area contributed by atoms with Crippen LogP contribution in [-0.4, -0.2) is 86.5 Å². The Kier molecular flexibility index (Phi) is 7.53. The molecule has 1 saturated heterocycles. The Balaban J connectivity index is 1.72. The molecular weight excluding hydrogens is 538 g/mol. The first-order chi connectivity index (χ1) is 19.4. The van der Waals surface area contributed by atoms with Gasteiger partial charge >= 0.3 is 5.97 Å². The molecule has 0 aromatic heterocycles. The predicted molar refractivity (Wildman–Crippen MR) is 142 cm³/mol. The maximum Gasteiger partial charge on any atom is 0.308 e. The van der Waals surface area contributed by atoms with E-state index >= 15 is 0 Å². The molecule has 0 radical (unpaired) electrons. The van der Waals surface area contributed by atoms with Crippen molar-refractivity contribution < 1.29 is 54.1 Å². The lowest BCUT2D eigenvalue weighted by atomic mass is 9.77. The van der Waals surface area contributed by atoms with E-state index in [9.17, 15) is 39.9 Å². The fourth-order valence-corrected chi connectivity index (χ4v) is 5.37. The number of fused-ring (bicyclic) bond motifs is 2. The molecule has 0 spiro atoms. The van der Waals surface area contributed by atoms with Crippen molar-refractivity contribution in [3.05, 3.63) is 62.7 Å². The first kappa shape index (κ1) is 28.6. The van der Waals surface area contributed by atoms with Crippen molar-refractivity contribution in [2.75, 3.05) is 6.54 Å². The number of aromatic hydroxyl groups is 1. The van der Waals surface area contributed by atoms with Gasteiger partial charge in [0.15, 0.2) is 11.6 Å². The molecule has 1 aliphatic carbocycles. The van der Waals surface area contributed by atoms with Gasteiger partial charge in [-0.1, -0.05) is 6.08 Å². The molecule has 5 unspecified atom stereocenters. The Bertz CT molecular complexity index is 1530. The zero-order valence-corrected chi connectivity index (χ0v) is 22.5. The van der Waals surface area contributed by atoms with Gasteiger partial charge in [0.1, 0.15) is 35.6 Å². The number of ketones is 2. The number of benzene rings is 2. The summed E-state index contributed by atoms with van der Waals surface area (Å²) in [6.45, 7) is 3.86. The quantitative estimate of drug-likeness (QED) is 0.207. The van der Waals surface area contributed by atoms with Crippen LogP contribution in [0.4, 0.5) is 0 Å². The van der Waals surface area contributed by atoms with Crippen LogP contribution in [0.5, 0.6) is 17.2 Å². The highest BCUT2D eigenvalue weighted by Crippen LogP contribution is 2.46. The molecule has 0 bridgehead atoms. The van der Waals surface area contributed by atoms with E-state index in [1.807, 2.05) is 0 Å². The summed E-state index contributed by atoms with van der Waals surface area (Å²) in [4.78, 5) is 43.8. The second-order valence-electron chi connectivity index (χ2n) is 10.2. The minimum Gasteiger partial charge on any atom is -0.507 e. The van der Waals surface area contributed by atoms with E-state index in [-0.39, 0.29) is 56.9 Å². The number of hydrogen-bond donors (Lipinski definition) is 5. The van der Waals surface area contributed by atoms with Gasteiger partial charge < -0.3 is 39.7 Å². The molecule has 5 rings (SSSR count).